The van der Waals surface area contributed by atoms with Crippen molar-refractivity contribution in [3.8, 4) is 11.4 Å². The first-order chi connectivity index (χ1) is 7.40. The number of pyridine rings is 1. The van der Waals surface area contributed by atoms with Gasteiger partial charge in [-0.2, -0.15) is 4.37 Å². The highest BCUT2D eigenvalue weighted by Crippen LogP contribution is 2.19. The molecule has 2 aromatic heterocycles. The van der Waals surface area contributed by atoms with Gasteiger partial charge in [-0.3, -0.25) is 4.98 Å². The highest BCUT2D eigenvalue weighted by Gasteiger charge is 2.04. The Kier molecular flexibility index (Phi) is 3.42. The van der Waals surface area contributed by atoms with E-state index in [-0.39, 0.29) is 0 Å². The monoisotopic (exact) mass is 219 g/mol. The molecule has 0 aliphatic rings. The molecule has 3 nitrogen and oxygen atoms in total. The van der Waals surface area contributed by atoms with Crippen LogP contribution >= 0.6 is 11.5 Å². The normalized spacial score (nSPS) is 10.5. The summed E-state index contributed by atoms with van der Waals surface area (Å²) >= 11 is 1.53. The van der Waals surface area contributed by atoms with Crippen molar-refractivity contribution in [2.75, 3.05) is 6.54 Å². The lowest BCUT2D eigenvalue weighted by molar-refractivity contribution is 0.735. The van der Waals surface area contributed by atoms with Crippen LogP contribution in [0.2, 0.25) is 0 Å². The summed E-state index contributed by atoms with van der Waals surface area (Å²) in [6.45, 7) is 3.97. The Balaban J connectivity index is 2.14. The predicted molar refractivity (Wildman–Crippen MR) is 62.7 cm³/mol. The molecule has 0 aliphatic carbocycles. The maximum atomic E-state index is 4.38. The van der Waals surface area contributed by atoms with Gasteiger partial charge in [0.15, 0.2) is 0 Å². The van der Waals surface area contributed by atoms with Gasteiger partial charge in [-0.15, -0.1) is 0 Å². The zero-order valence-electron chi connectivity index (χ0n) is 8.60. The average molecular weight is 219 g/mol. The molecule has 4 heteroatoms. The molecule has 0 radical (unpaired) electrons. The van der Waals surface area contributed by atoms with E-state index in [0.29, 0.717) is 0 Å². The second kappa shape index (κ2) is 5.00. The van der Waals surface area contributed by atoms with Crippen molar-refractivity contribution in [2.45, 2.75) is 13.5 Å². The summed E-state index contributed by atoms with van der Waals surface area (Å²) in [6, 6.07) is 7.96. The topological polar surface area (TPSA) is 37.8 Å². The van der Waals surface area contributed by atoms with Crippen LogP contribution in [0.15, 0.2) is 30.5 Å². The number of nitrogens with zero attached hydrogens (tertiary/aromatic N) is 2. The Labute approximate surface area is 93.4 Å². The molecular weight excluding hydrogens is 206 g/mol. The van der Waals surface area contributed by atoms with Gasteiger partial charge in [0.25, 0.3) is 0 Å². The van der Waals surface area contributed by atoms with Gasteiger partial charge in [-0.05, 0) is 36.3 Å². The van der Waals surface area contributed by atoms with Crippen molar-refractivity contribution < 1.29 is 0 Å². The van der Waals surface area contributed by atoms with Crippen LogP contribution in [0.5, 0.6) is 0 Å². The fraction of sp³-hybridized carbons (Fsp3) is 0.273. The van der Waals surface area contributed by atoms with Gasteiger partial charge in [0.2, 0.25) is 0 Å². The minimum Gasteiger partial charge on any atom is -0.312 e. The molecule has 0 unspecified atom stereocenters. The number of hydrogen-bond donors (Lipinski definition) is 1. The number of hydrogen-bond acceptors (Lipinski definition) is 4. The van der Waals surface area contributed by atoms with Crippen LogP contribution in [-0.2, 0) is 6.54 Å². The van der Waals surface area contributed by atoms with E-state index in [4.69, 9.17) is 0 Å². The second-order valence-corrected chi connectivity index (χ2v) is 4.06. The van der Waals surface area contributed by atoms with Crippen LogP contribution in [-0.4, -0.2) is 15.9 Å². The highest BCUT2D eigenvalue weighted by atomic mass is 32.1. The van der Waals surface area contributed by atoms with Crippen LogP contribution in [0.4, 0.5) is 0 Å². The minimum absolute atomic E-state index is 0.890. The van der Waals surface area contributed by atoms with E-state index in [1.807, 2.05) is 18.2 Å². The summed E-state index contributed by atoms with van der Waals surface area (Å²) in [6.07, 6.45) is 1.79. The lowest BCUT2D eigenvalue weighted by Gasteiger charge is -1.95. The van der Waals surface area contributed by atoms with E-state index in [0.717, 1.165) is 24.5 Å². The zero-order valence-corrected chi connectivity index (χ0v) is 9.42. The highest BCUT2D eigenvalue weighted by molar-refractivity contribution is 7.06. The molecule has 1 N–H and O–H groups in total. The standard InChI is InChI=1S/C11H13N3S/c1-2-12-8-9-7-11(14-15-9)10-5-3-4-6-13-10/h3-7,12H,2,8H2,1H3. The number of nitrogens with one attached hydrogen (secondary N) is 1. The summed E-state index contributed by atoms with van der Waals surface area (Å²) < 4.78 is 4.38. The third kappa shape index (κ3) is 2.61. The lowest BCUT2D eigenvalue weighted by Crippen LogP contribution is -2.10. The van der Waals surface area contributed by atoms with E-state index in [1.54, 1.807) is 6.20 Å². The SMILES string of the molecule is CCNCc1cc(-c2ccccn2)ns1. The van der Waals surface area contributed by atoms with Crippen LogP contribution in [0.25, 0.3) is 11.4 Å². The average Bonchev–Trinajstić information content (AvgIpc) is 2.76. The van der Waals surface area contributed by atoms with Gasteiger partial charge >= 0.3 is 0 Å². The van der Waals surface area contributed by atoms with E-state index in [1.165, 1.54) is 16.4 Å². The minimum atomic E-state index is 0.890. The third-order valence-corrected chi connectivity index (χ3v) is 2.82. The molecule has 0 amide bonds. The Morgan fingerprint density at radius 3 is 3.00 bits per heavy atom. The van der Waals surface area contributed by atoms with Crippen molar-refractivity contribution in [3.05, 3.63) is 35.3 Å². The van der Waals surface area contributed by atoms with Crippen LogP contribution in [0.1, 0.15) is 11.8 Å². The fourth-order valence-electron chi connectivity index (χ4n) is 1.28. The number of rotatable bonds is 4. The van der Waals surface area contributed by atoms with Crippen molar-refractivity contribution in [1.29, 1.82) is 0 Å². The molecular formula is C11H13N3S. The number of aromatic nitrogens is 2. The maximum Gasteiger partial charge on any atom is 0.103 e. The molecule has 0 saturated heterocycles. The summed E-state index contributed by atoms with van der Waals surface area (Å²) in [5, 5.41) is 3.28. The molecule has 0 aromatic carbocycles. The summed E-state index contributed by atoms with van der Waals surface area (Å²) in [5.41, 5.74) is 1.91. The van der Waals surface area contributed by atoms with Gasteiger partial charge in [-0.25, -0.2) is 0 Å². The van der Waals surface area contributed by atoms with Crippen molar-refractivity contribution in [2.24, 2.45) is 0 Å². The first kappa shape index (κ1) is 10.3. The van der Waals surface area contributed by atoms with Crippen LogP contribution < -0.4 is 5.32 Å². The first-order valence-electron chi connectivity index (χ1n) is 4.98. The van der Waals surface area contributed by atoms with Crippen molar-refractivity contribution in [3.63, 3.8) is 0 Å². The Hall–Kier alpha value is -1.26. The Morgan fingerprint density at radius 2 is 2.27 bits per heavy atom. The largest absolute Gasteiger partial charge is 0.312 e. The van der Waals surface area contributed by atoms with E-state index >= 15 is 0 Å². The van der Waals surface area contributed by atoms with Crippen LogP contribution in [0, 0.1) is 0 Å². The summed E-state index contributed by atoms with van der Waals surface area (Å²) in [7, 11) is 0. The molecule has 0 atom stereocenters. The predicted octanol–water partition coefficient (Wildman–Crippen LogP) is 2.31. The van der Waals surface area contributed by atoms with E-state index in [2.05, 4.69) is 27.7 Å². The van der Waals surface area contributed by atoms with Gasteiger partial charge in [-0.1, -0.05) is 13.0 Å². The molecule has 0 aliphatic heterocycles. The molecule has 0 bridgehead atoms. The smallest absolute Gasteiger partial charge is 0.103 e. The van der Waals surface area contributed by atoms with Crippen molar-refractivity contribution >= 4 is 11.5 Å². The molecule has 0 saturated carbocycles. The van der Waals surface area contributed by atoms with Gasteiger partial charge in [0.05, 0.1) is 5.69 Å². The van der Waals surface area contributed by atoms with Gasteiger partial charge in [0.1, 0.15) is 5.69 Å². The van der Waals surface area contributed by atoms with E-state index in [9.17, 15) is 0 Å². The molecule has 0 fully saturated rings. The fourth-order valence-corrected chi connectivity index (χ4v) is 1.97. The maximum absolute atomic E-state index is 4.38. The summed E-state index contributed by atoms with van der Waals surface area (Å²) in [5.74, 6) is 0. The molecule has 2 aromatic rings. The molecule has 78 valence electrons. The van der Waals surface area contributed by atoms with Crippen LogP contribution in [0.3, 0.4) is 0 Å². The third-order valence-electron chi connectivity index (χ3n) is 2.04. The lowest BCUT2D eigenvalue weighted by atomic mass is 10.2. The molecule has 0 spiro atoms. The van der Waals surface area contributed by atoms with Crippen molar-refractivity contribution in [1.82, 2.24) is 14.7 Å². The molecule has 15 heavy (non-hydrogen) atoms. The Morgan fingerprint density at radius 1 is 1.33 bits per heavy atom. The van der Waals surface area contributed by atoms with E-state index < -0.39 is 0 Å². The molecule has 2 rings (SSSR count). The second-order valence-electron chi connectivity index (χ2n) is 3.17. The van der Waals surface area contributed by atoms with Gasteiger partial charge < -0.3 is 5.32 Å². The Bertz CT molecular complexity index is 411. The molecule has 2 heterocycles. The quantitative estimate of drug-likeness (QED) is 0.857. The summed E-state index contributed by atoms with van der Waals surface area (Å²) in [4.78, 5) is 5.51. The van der Waals surface area contributed by atoms with Gasteiger partial charge in [0, 0.05) is 17.6 Å². The first-order valence-corrected chi connectivity index (χ1v) is 5.75. The zero-order chi connectivity index (χ0) is 10.5.